The summed E-state index contributed by atoms with van der Waals surface area (Å²) in [4.78, 5) is 35.5. The molecule has 0 aromatic heterocycles. The van der Waals surface area contributed by atoms with Crippen molar-refractivity contribution in [3.63, 3.8) is 0 Å². The largest absolute Gasteiger partial charge is 0.457 e. The number of carbonyl (C=O) groups is 3. The van der Waals surface area contributed by atoms with Crippen LogP contribution in [0.15, 0.2) is 0 Å². The van der Waals surface area contributed by atoms with Crippen LogP contribution in [0.1, 0.15) is 46.0 Å². The van der Waals surface area contributed by atoms with Crippen molar-refractivity contribution in [1.82, 2.24) is 0 Å². The molecule has 0 radical (unpaired) electrons. The third-order valence-electron chi connectivity index (χ3n) is 7.82. The molecule has 3 saturated heterocycles. The predicted octanol–water partition coefficient (Wildman–Crippen LogP) is 1.16. The van der Waals surface area contributed by atoms with Gasteiger partial charge in [-0.15, -0.1) is 0 Å². The lowest BCUT2D eigenvalue weighted by Crippen LogP contribution is -2.65. The van der Waals surface area contributed by atoms with Crippen LogP contribution >= 0.6 is 0 Å². The monoisotopic (exact) mass is 440 g/mol. The first-order valence-corrected chi connectivity index (χ1v) is 11.0. The second-order valence-corrected chi connectivity index (χ2v) is 9.89. The van der Waals surface area contributed by atoms with Gasteiger partial charge in [-0.1, -0.05) is 0 Å². The summed E-state index contributed by atoms with van der Waals surface area (Å²) in [6, 6.07) is 0. The summed E-state index contributed by atoms with van der Waals surface area (Å²) in [6.45, 7) is 2.41. The molecule has 9 nitrogen and oxygen atoms in total. The van der Waals surface area contributed by atoms with E-state index in [4.69, 9.17) is 28.4 Å². The van der Waals surface area contributed by atoms with Crippen LogP contribution in [-0.2, 0) is 42.8 Å². The number of esters is 3. The van der Waals surface area contributed by atoms with E-state index in [1.807, 2.05) is 0 Å². The van der Waals surface area contributed by atoms with Gasteiger partial charge >= 0.3 is 17.9 Å². The molecule has 0 amide bonds. The summed E-state index contributed by atoms with van der Waals surface area (Å²) in [7, 11) is 0. The Bertz CT molecular complexity index is 827. The van der Waals surface area contributed by atoms with Crippen LogP contribution in [0.4, 0.5) is 4.39 Å². The maximum absolute atomic E-state index is 13.5. The van der Waals surface area contributed by atoms with E-state index in [2.05, 4.69) is 0 Å². The minimum atomic E-state index is -1.66. The summed E-state index contributed by atoms with van der Waals surface area (Å²) >= 11 is 0. The van der Waals surface area contributed by atoms with E-state index >= 15 is 0 Å². The highest BCUT2D eigenvalue weighted by Gasteiger charge is 2.73. The predicted molar refractivity (Wildman–Crippen MR) is 95.7 cm³/mol. The van der Waals surface area contributed by atoms with Crippen LogP contribution in [0.2, 0.25) is 0 Å². The van der Waals surface area contributed by atoms with Crippen molar-refractivity contribution in [3.8, 4) is 0 Å². The molecule has 4 bridgehead atoms. The van der Waals surface area contributed by atoms with Gasteiger partial charge in [0.05, 0.1) is 0 Å². The fourth-order valence-corrected chi connectivity index (χ4v) is 6.96. The van der Waals surface area contributed by atoms with Gasteiger partial charge in [-0.3, -0.25) is 4.79 Å². The summed E-state index contributed by atoms with van der Waals surface area (Å²) in [5, 5.41) is 0. The van der Waals surface area contributed by atoms with Gasteiger partial charge in [0.2, 0.25) is 6.10 Å². The smallest absolute Gasteiger partial charge is 0.350 e. The third-order valence-corrected chi connectivity index (χ3v) is 7.82. The number of halogens is 1. The molecule has 10 heteroatoms. The lowest BCUT2D eigenvalue weighted by molar-refractivity contribution is -0.343. The summed E-state index contributed by atoms with van der Waals surface area (Å²) in [6.07, 6.45) is -2.05. The fourth-order valence-electron chi connectivity index (χ4n) is 6.96. The summed E-state index contributed by atoms with van der Waals surface area (Å²) in [5.41, 5.74) is -0.673. The van der Waals surface area contributed by atoms with E-state index in [0.717, 1.165) is 19.3 Å². The average molecular weight is 440 g/mol. The van der Waals surface area contributed by atoms with Crippen LogP contribution in [0.3, 0.4) is 0 Å². The maximum Gasteiger partial charge on any atom is 0.350 e. The molecule has 4 saturated carbocycles. The molecule has 0 aromatic carbocycles. The fraction of sp³-hybridized carbons (Fsp3) is 0.857. The molecule has 7 fully saturated rings. The Morgan fingerprint density at radius 2 is 1.81 bits per heavy atom. The van der Waals surface area contributed by atoms with Crippen molar-refractivity contribution < 1.29 is 47.2 Å². The van der Waals surface area contributed by atoms with E-state index in [-0.39, 0.29) is 11.8 Å². The summed E-state index contributed by atoms with van der Waals surface area (Å²) in [5.74, 6) is -2.66. The lowest BCUT2D eigenvalue weighted by Gasteiger charge is -2.62. The van der Waals surface area contributed by atoms with Crippen molar-refractivity contribution >= 4 is 17.9 Å². The van der Waals surface area contributed by atoms with Crippen LogP contribution < -0.4 is 0 Å². The average Bonchev–Trinajstić information content (AvgIpc) is 3.28. The van der Waals surface area contributed by atoms with Gasteiger partial charge in [0.25, 0.3) is 0 Å². The van der Waals surface area contributed by atoms with Crippen molar-refractivity contribution in [2.24, 2.45) is 17.8 Å². The topological polar surface area (TPSA) is 107 Å². The Morgan fingerprint density at radius 3 is 2.45 bits per heavy atom. The van der Waals surface area contributed by atoms with Gasteiger partial charge < -0.3 is 28.4 Å². The Labute approximate surface area is 177 Å². The molecular formula is C21H25FO9. The Balaban J connectivity index is 1.22. The van der Waals surface area contributed by atoms with Crippen molar-refractivity contribution in [2.45, 2.75) is 94.2 Å². The van der Waals surface area contributed by atoms with E-state index in [1.165, 1.54) is 13.8 Å². The molecule has 7 rings (SSSR count). The second kappa shape index (κ2) is 6.39. The standard InChI is InChI=1S/C21H25FO9/c1-8(22)17(24)30-20-5-10-3-11(6-20)21(12(4-10)7-20)29-16-14-13(28-19(16)31-21)15(18(25)27-14)26-9(2)23/h8,10-16,19H,3-7H2,1-2H3. The van der Waals surface area contributed by atoms with Crippen molar-refractivity contribution in [3.05, 3.63) is 0 Å². The van der Waals surface area contributed by atoms with Gasteiger partial charge in [-0.25, -0.2) is 14.0 Å². The first-order chi connectivity index (χ1) is 14.7. The molecule has 31 heavy (non-hydrogen) atoms. The highest BCUT2D eigenvalue weighted by molar-refractivity contribution is 5.81. The first-order valence-electron chi connectivity index (χ1n) is 11.0. The lowest BCUT2D eigenvalue weighted by atomic mass is 9.51. The second-order valence-electron chi connectivity index (χ2n) is 9.89. The van der Waals surface area contributed by atoms with Crippen molar-refractivity contribution in [2.75, 3.05) is 0 Å². The molecule has 4 aliphatic carbocycles. The normalized spacial score (nSPS) is 52.0. The molecule has 3 heterocycles. The Kier molecular flexibility index (Phi) is 4.09. The van der Waals surface area contributed by atoms with E-state index in [9.17, 15) is 18.8 Å². The number of alkyl halides is 1. The van der Waals surface area contributed by atoms with Crippen LogP contribution in [-0.4, -0.2) is 66.2 Å². The van der Waals surface area contributed by atoms with Gasteiger partial charge in [-0.05, 0) is 44.9 Å². The van der Waals surface area contributed by atoms with Gasteiger partial charge in [-0.2, -0.15) is 0 Å². The first kappa shape index (κ1) is 19.9. The quantitative estimate of drug-likeness (QED) is 0.472. The molecular weight excluding hydrogens is 415 g/mol. The van der Waals surface area contributed by atoms with Crippen LogP contribution in [0.25, 0.3) is 0 Å². The number of rotatable bonds is 3. The number of fused-ring (bicyclic) bond motifs is 3. The maximum atomic E-state index is 13.5. The Hall–Kier alpha value is -1.78. The zero-order valence-corrected chi connectivity index (χ0v) is 17.3. The van der Waals surface area contributed by atoms with Crippen molar-refractivity contribution in [1.29, 1.82) is 0 Å². The minimum absolute atomic E-state index is 0.0320. The SMILES string of the molecule is CC(=O)OC1C(=O)OC2C3OC4(OC3OC12)C1CC2CC4CC(OC(=O)C(C)F)(C2)C1. The Morgan fingerprint density at radius 1 is 1.10 bits per heavy atom. The molecule has 7 aliphatic rings. The highest BCUT2D eigenvalue weighted by atomic mass is 19.1. The molecule has 3 aliphatic heterocycles. The van der Waals surface area contributed by atoms with Gasteiger partial charge in [0.1, 0.15) is 11.7 Å². The molecule has 8 unspecified atom stereocenters. The molecule has 0 aromatic rings. The molecule has 8 atom stereocenters. The van der Waals surface area contributed by atoms with E-state index in [1.54, 1.807) is 0 Å². The van der Waals surface area contributed by atoms with E-state index in [0.29, 0.717) is 18.8 Å². The summed E-state index contributed by atoms with van der Waals surface area (Å²) < 4.78 is 48.5. The number of ether oxygens (including phenoxy) is 6. The van der Waals surface area contributed by atoms with Crippen LogP contribution in [0.5, 0.6) is 0 Å². The number of hydrogen-bond acceptors (Lipinski definition) is 9. The van der Waals surface area contributed by atoms with Crippen LogP contribution in [0, 0.1) is 17.8 Å². The number of carbonyl (C=O) groups excluding carboxylic acids is 3. The molecule has 1 spiro atoms. The molecule has 170 valence electrons. The van der Waals surface area contributed by atoms with Gasteiger partial charge in [0, 0.05) is 18.8 Å². The third kappa shape index (κ3) is 2.74. The van der Waals surface area contributed by atoms with Gasteiger partial charge in [0.15, 0.2) is 30.5 Å². The number of hydrogen-bond donors (Lipinski definition) is 0. The minimum Gasteiger partial charge on any atom is -0.457 e. The van der Waals surface area contributed by atoms with E-state index < -0.39 is 66.2 Å². The zero-order chi connectivity index (χ0) is 21.7. The molecule has 0 N–H and O–H groups in total. The zero-order valence-electron chi connectivity index (χ0n) is 17.3. The highest BCUT2D eigenvalue weighted by Crippen LogP contribution is 2.65.